The zero-order chi connectivity index (χ0) is 31.2. The van der Waals surface area contributed by atoms with Crippen LogP contribution >= 0.6 is 0 Å². The topological polar surface area (TPSA) is 77.6 Å². The summed E-state index contributed by atoms with van der Waals surface area (Å²) in [5.41, 5.74) is 9.43. The van der Waals surface area contributed by atoms with Gasteiger partial charge in [0.2, 0.25) is 0 Å². The van der Waals surface area contributed by atoms with Crippen molar-refractivity contribution in [3.05, 3.63) is 152 Å². The molecule has 0 amide bonds. The number of benzene rings is 5. The van der Waals surface area contributed by atoms with E-state index in [1.807, 2.05) is 104 Å². The molecule has 0 atom stereocenters. The summed E-state index contributed by atoms with van der Waals surface area (Å²) in [7, 11) is 0. The van der Waals surface area contributed by atoms with Crippen LogP contribution in [0.25, 0.3) is 89.3 Å². The minimum atomic E-state index is 0.571. The van der Waals surface area contributed by atoms with Gasteiger partial charge in [-0.2, -0.15) is 0 Å². The van der Waals surface area contributed by atoms with Crippen LogP contribution in [0, 0.1) is 0 Å². The van der Waals surface area contributed by atoms with E-state index in [1.54, 1.807) is 0 Å². The van der Waals surface area contributed by atoms with E-state index < -0.39 is 0 Å². The molecule has 220 valence electrons. The van der Waals surface area contributed by atoms with E-state index >= 15 is 0 Å². The van der Waals surface area contributed by atoms with Crippen LogP contribution in [0.3, 0.4) is 0 Å². The third kappa shape index (κ3) is 4.89. The van der Waals surface area contributed by atoms with E-state index in [0.29, 0.717) is 17.5 Å². The predicted molar refractivity (Wildman–Crippen MR) is 187 cm³/mol. The van der Waals surface area contributed by atoms with Gasteiger partial charge in [0, 0.05) is 51.4 Å². The number of pyridine rings is 2. The van der Waals surface area contributed by atoms with Gasteiger partial charge >= 0.3 is 0 Å². The molecule has 0 aliphatic rings. The van der Waals surface area contributed by atoms with E-state index in [4.69, 9.17) is 19.4 Å². The van der Waals surface area contributed by atoms with Crippen LogP contribution in [0.4, 0.5) is 0 Å². The SMILES string of the molecule is c1ccc(-c2nc(-c3cc(-c4ccncc4)cc(-c4cccc5ncccc45)c3)nc(-c3ccc4c(c3)oc3ccccc34)n2)cc1. The van der Waals surface area contributed by atoms with Gasteiger partial charge in [0.1, 0.15) is 11.2 Å². The summed E-state index contributed by atoms with van der Waals surface area (Å²) in [5.74, 6) is 1.75. The van der Waals surface area contributed by atoms with Crippen LogP contribution in [0.5, 0.6) is 0 Å². The number of rotatable bonds is 5. The molecular weight excluding hydrogens is 578 g/mol. The standard InChI is InChI=1S/C41H25N5O/c1-2-8-27(9-3-1)39-44-40(28-15-16-35-34-10-4-5-14-37(34)47-38(35)25-28)46-41(45-39)31-23-29(26-17-20-42-21-18-26)22-30(24-31)32-11-6-13-36-33(32)12-7-19-43-36/h1-25H. The van der Waals surface area contributed by atoms with Gasteiger partial charge in [-0.15, -0.1) is 0 Å². The third-order valence-electron chi connectivity index (χ3n) is 8.47. The normalized spacial score (nSPS) is 11.4. The highest BCUT2D eigenvalue weighted by molar-refractivity contribution is 6.05. The minimum absolute atomic E-state index is 0.571. The van der Waals surface area contributed by atoms with Gasteiger partial charge in [-0.05, 0) is 82.9 Å². The van der Waals surface area contributed by atoms with Crippen molar-refractivity contribution in [2.75, 3.05) is 0 Å². The van der Waals surface area contributed by atoms with E-state index in [1.165, 1.54) is 0 Å². The minimum Gasteiger partial charge on any atom is -0.456 e. The second-order valence-electron chi connectivity index (χ2n) is 11.4. The molecule has 4 aromatic heterocycles. The lowest BCUT2D eigenvalue weighted by molar-refractivity contribution is 0.669. The Morgan fingerprint density at radius 2 is 1.09 bits per heavy atom. The molecule has 0 aliphatic heterocycles. The largest absolute Gasteiger partial charge is 0.456 e. The van der Waals surface area contributed by atoms with Crippen molar-refractivity contribution in [3.8, 4) is 56.4 Å². The van der Waals surface area contributed by atoms with E-state index in [-0.39, 0.29) is 0 Å². The summed E-state index contributed by atoms with van der Waals surface area (Å²) in [6.07, 6.45) is 5.45. The molecule has 0 unspecified atom stereocenters. The molecule has 0 N–H and O–H groups in total. The first-order valence-corrected chi connectivity index (χ1v) is 15.4. The Morgan fingerprint density at radius 3 is 1.96 bits per heavy atom. The van der Waals surface area contributed by atoms with Gasteiger partial charge < -0.3 is 4.42 Å². The van der Waals surface area contributed by atoms with Gasteiger partial charge in [-0.25, -0.2) is 15.0 Å². The van der Waals surface area contributed by atoms with Crippen LogP contribution in [0.1, 0.15) is 0 Å². The molecule has 5 aromatic carbocycles. The first-order valence-electron chi connectivity index (χ1n) is 15.4. The second-order valence-corrected chi connectivity index (χ2v) is 11.4. The summed E-state index contributed by atoms with van der Waals surface area (Å²) in [6.45, 7) is 0. The Hall–Kier alpha value is -6.53. The highest BCUT2D eigenvalue weighted by atomic mass is 16.3. The van der Waals surface area contributed by atoms with Gasteiger partial charge in [-0.3, -0.25) is 9.97 Å². The van der Waals surface area contributed by atoms with Crippen molar-refractivity contribution >= 4 is 32.8 Å². The van der Waals surface area contributed by atoms with Crippen LogP contribution in [-0.2, 0) is 0 Å². The molecule has 0 aliphatic carbocycles. The zero-order valence-electron chi connectivity index (χ0n) is 25.1. The average molecular weight is 604 g/mol. The molecule has 9 rings (SSSR count). The fourth-order valence-corrected chi connectivity index (χ4v) is 6.19. The van der Waals surface area contributed by atoms with Crippen LogP contribution in [0.2, 0.25) is 0 Å². The van der Waals surface area contributed by atoms with Crippen molar-refractivity contribution in [3.63, 3.8) is 0 Å². The average Bonchev–Trinajstić information content (AvgIpc) is 3.53. The van der Waals surface area contributed by atoms with Gasteiger partial charge in [0.25, 0.3) is 0 Å². The van der Waals surface area contributed by atoms with E-state index in [9.17, 15) is 0 Å². The van der Waals surface area contributed by atoms with Crippen molar-refractivity contribution in [2.24, 2.45) is 0 Å². The van der Waals surface area contributed by atoms with E-state index in [2.05, 4.69) is 58.5 Å². The highest BCUT2D eigenvalue weighted by Gasteiger charge is 2.17. The lowest BCUT2D eigenvalue weighted by Crippen LogP contribution is -2.00. The summed E-state index contributed by atoms with van der Waals surface area (Å²) in [6, 6.07) is 45.1. The number of hydrogen-bond donors (Lipinski definition) is 0. The maximum absolute atomic E-state index is 6.23. The van der Waals surface area contributed by atoms with Crippen LogP contribution in [-0.4, -0.2) is 24.9 Å². The Morgan fingerprint density at radius 1 is 0.383 bits per heavy atom. The van der Waals surface area contributed by atoms with Gasteiger partial charge in [0.05, 0.1) is 5.52 Å². The van der Waals surface area contributed by atoms with Crippen LogP contribution < -0.4 is 0 Å². The number of para-hydroxylation sites is 1. The molecule has 0 fully saturated rings. The molecule has 0 radical (unpaired) electrons. The quantitative estimate of drug-likeness (QED) is 0.195. The van der Waals surface area contributed by atoms with Gasteiger partial charge in [-0.1, -0.05) is 72.8 Å². The number of hydrogen-bond acceptors (Lipinski definition) is 6. The molecule has 4 heterocycles. The lowest BCUT2D eigenvalue weighted by atomic mass is 9.94. The molecule has 0 saturated heterocycles. The molecule has 0 spiro atoms. The maximum Gasteiger partial charge on any atom is 0.164 e. The molecule has 6 heteroatoms. The summed E-state index contributed by atoms with van der Waals surface area (Å²) in [5, 5.41) is 3.22. The fraction of sp³-hybridized carbons (Fsp3) is 0. The third-order valence-corrected chi connectivity index (χ3v) is 8.47. The zero-order valence-corrected chi connectivity index (χ0v) is 25.1. The monoisotopic (exact) mass is 603 g/mol. The Bertz CT molecular complexity index is 2570. The number of fused-ring (bicyclic) bond motifs is 4. The Labute approximate surface area is 270 Å². The lowest BCUT2D eigenvalue weighted by Gasteiger charge is -2.13. The Kier molecular flexibility index (Phi) is 6.35. The molecule has 47 heavy (non-hydrogen) atoms. The summed E-state index contributed by atoms with van der Waals surface area (Å²) < 4.78 is 6.23. The second kappa shape index (κ2) is 11.1. The Balaban J connectivity index is 1.27. The van der Waals surface area contributed by atoms with Gasteiger partial charge in [0.15, 0.2) is 17.5 Å². The van der Waals surface area contributed by atoms with E-state index in [0.717, 1.165) is 71.8 Å². The number of furan rings is 1. The molecule has 0 bridgehead atoms. The van der Waals surface area contributed by atoms with Crippen molar-refractivity contribution in [1.29, 1.82) is 0 Å². The molecule has 9 aromatic rings. The van der Waals surface area contributed by atoms with Crippen molar-refractivity contribution in [2.45, 2.75) is 0 Å². The van der Waals surface area contributed by atoms with Crippen LogP contribution in [0.15, 0.2) is 156 Å². The first-order chi connectivity index (χ1) is 23.3. The number of aromatic nitrogens is 5. The number of nitrogens with zero attached hydrogens (tertiary/aromatic N) is 5. The summed E-state index contributed by atoms with van der Waals surface area (Å²) >= 11 is 0. The maximum atomic E-state index is 6.23. The first kappa shape index (κ1) is 26.8. The molecule has 0 saturated carbocycles. The smallest absolute Gasteiger partial charge is 0.164 e. The van der Waals surface area contributed by atoms with Crippen molar-refractivity contribution < 1.29 is 4.42 Å². The highest BCUT2D eigenvalue weighted by Crippen LogP contribution is 2.36. The fourth-order valence-electron chi connectivity index (χ4n) is 6.19. The summed E-state index contributed by atoms with van der Waals surface area (Å²) in [4.78, 5) is 24.0. The predicted octanol–water partition coefficient (Wildman–Crippen LogP) is 10.0. The molecule has 6 nitrogen and oxygen atoms in total. The van der Waals surface area contributed by atoms with Crippen molar-refractivity contribution in [1.82, 2.24) is 24.9 Å². The molecular formula is C41H25N5O.